The third kappa shape index (κ3) is 4.12. The van der Waals surface area contributed by atoms with Crippen LogP contribution in [0.5, 0.6) is 5.75 Å². The van der Waals surface area contributed by atoms with Gasteiger partial charge in [-0.05, 0) is 49.4 Å². The molecule has 0 aliphatic rings. The molecule has 136 valence electrons. The molecule has 0 fully saturated rings. The first-order valence-electron chi connectivity index (χ1n) is 8.08. The Balaban J connectivity index is 1.40. The van der Waals surface area contributed by atoms with E-state index in [-0.39, 0.29) is 18.3 Å². The molecule has 8 heteroatoms. The topological polar surface area (TPSA) is 64.1 Å². The maximum atomic E-state index is 12.9. The lowest BCUT2D eigenvalue weighted by atomic mass is 10.3. The molecule has 0 bridgehead atoms. The number of aryl methyl sites for hydroxylation is 1. The van der Waals surface area contributed by atoms with Gasteiger partial charge in [0, 0.05) is 11.1 Å². The molecule has 0 saturated heterocycles. The van der Waals surface area contributed by atoms with E-state index in [1.54, 1.807) is 28.8 Å². The van der Waals surface area contributed by atoms with Gasteiger partial charge in [-0.3, -0.25) is 4.79 Å². The lowest BCUT2D eigenvalue weighted by Crippen LogP contribution is -2.12. The number of nitrogens with zero attached hydrogens (tertiary/aromatic N) is 2. The Labute approximate surface area is 162 Å². The molecule has 1 N–H and O–H groups in total. The van der Waals surface area contributed by atoms with Crippen molar-refractivity contribution in [2.75, 3.05) is 5.32 Å². The second kappa shape index (κ2) is 7.42. The largest absolute Gasteiger partial charge is 0.486 e. The van der Waals surface area contributed by atoms with Crippen molar-refractivity contribution in [1.29, 1.82) is 0 Å². The van der Waals surface area contributed by atoms with E-state index in [9.17, 15) is 9.18 Å². The molecule has 2 aromatic heterocycles. The number of thiazole rings is 2. The third-order valence-corrected chi connectivity index (χ3v) is 5.47. The first-order chi connectivity index (χ1) is 13.1. The van der Waals surface area contributed by atoms with Crippen LogP contribution >= 0.6 is 22.7 Å². The van der Waals surface area contributed by atoms with E-state index in [4.69, 9.17) is 4.74 Å². The van der Waals surface area contributed by atoms with Crippen molar-refractivity contribution >= 4 is 44.5 Å². The van der Waals surface area contributed by atoms with E-state index in [1.807, 2.05) is 25.1 Å². The van der Waals surface area contributed by atoms with Gasteiger partial charge >= 0.3 is 0 Å². The molecule has 1 amide bonds. The van der Waals surface area contributed by atoms with Gasteiger partial charge in [0.2, 0.25) is 0 Å². The summed E-state index contributed by atoms with van der Waals surface area (Å²) in [6.07, 6.45) is 0. The number of fused-ring (bicyclic) bond motifs is 1. The second-order valence-electron chi connectivity index (χ2n) is 5.74. The maximum Gasteiger partial charge on any atom is 0.275 e. The number of rotatable bonds is 5. The Morgan fingerprint density at radius 3 is 2.81 bits per heavy atom. The van der Waals surface area contributed by atoms with E-state index in [1.165, 1.54) is 23.5 Å². The molecule has 0 atom stereocenters. The van der Waals surface area contributed by atoms with Gasteiger partial charge in [-0.25, -0.2) is 14.4 Å². The SMILES string of the molecule is Cc1nc2ccc(NC(=O)c3csc(COc4ccc(F)cc4)n3)cc2s1. The van der Waals surface area contributed by atoms with Crippen LogP contribution in [-0.4, -0.2) is 15.9 Å². The Hall–Kier alpha value is -2.84. The average molecular weight is 399 g/mol. The zero-order valence-electron chi connectivity index (χ0n) is 14.2. The number of aromatic nitrogens is 2. The van der Waals surface area contributed by atoms with E-state index < -0.39 is 0 Å². The molecule has 0 radical (unpaired) electrons. The Bertz CT molecular complexity index is 1110. The summed E-state index contributed by atoms with van der Waals surface area (Å²) in [4.78, 5) is 21.1. The number of benzene rings is 2. The third-order valence-electron chi connectivity index (χ3n) is 3.71. The molecule has 0 spiro atoms. The number of amides is 1. The Kier molecular flexibility index (Phi) is 4.83. The van der Waals surface area contributed by atoms with E-state index in [0.717, 1.165) is 15.2 Å². The summed E-state index contributed by atoms with van der Waals surface area (Å²) >= 11 is 2.92. The number of halogens is 1. The Morgan fingerprint density at radius 2 is 2.00 bits per heavy atom. The van der Waals surface area contributed by atoms with E-state index in [2.05, 4.69) is 15.3 Å². The molecule has 0 aliphatic heterocycles. The highest BCUT2D eigenvalue weighted by atomic mass is 32.1. The van der Waals surface area contributed by atoms with Crippen molar-refractivity contribution in [3.05, 3.63) is 69.4 Å². The number of anilines is 1. The number of hydrogen-bond acceptors (Lipinski definition) is 6. The predicted octanol–water partition coefficient (Wildman–Crippen LogP) is 5.03. The monoisotopic (exact) mass is 399 g/mol. The van der Waals surface area contributed by atoms with Crippen molar-refractivity contribution in [1.82, 2.24) is 9.97 Å². The van der Waals surface area contributed by atoms with E-state index >= 15 is 0 Å². The van der Waals surface area contributed by atoms with Gasteiger partial charge in [0.15, 0.2) is 0 Å². The predicted molar refractivity (Wildman–Crippen MR) is 105 cm³/mol. The number of carbonyl (C=O) groups is 1. The standard InChI is InChI=1S/C19H14FN3O2S2/c1-11-21-15-7-4-13(8-17(15)27-11)22-19(24)16-10-26-18(23-16)9-25-14-5-2-12(20)3-6-14/h2-8,10H,9H2,1H3,(H,22,24). The first-order valence-corrected chi connectivity index (χ1v) is 9.78. The van der Waals surface area contributed by atoms with Crippen molar-refractivity contribution in [2.24, 2.45) is 0 Å². The number of carbonyl (C=O) groups excluding carboxylic acids is 1. The molecule has 2 heterocycles. The highest BCUT2D eigenvalue weighted by molar-refractivity contribution is 7.18. The lowest BCUT2D eigenvalue weighted by molar-refractivity contribution is 0.102. The van der Waals surface area contributed by atoms with Crippen molar-refractivity contribution in [3.63, 3.8) is 0 Å². The smallest absolute Gasteiger partial charge is 0.275 e. The van der Waals surface area contributed by atoms with Crippen molar-refractivity contribution in [3.8, 4) is 5.75 Å². The average Bonchev–Trinajstić information content (AvgIpc) is 3.26. The van der Waals surface area contributed by atoms with Crippen LogP contribution < -0.4 is 10.1 Å². The van der Waals surface area contributed by atoms with Crippen LogP contribution in [0.4, 0.5) is 10.1 Å². The highest BCUT2D eigenvalue weighted by Gasteiger charge is 2.12. The van der Waals surface area contributed by atoms with Crippen LogP contribution in [0.2, 0.25) is 0 Å². The summed E-state index contributed by atoms with van der Waals surface area (Å²) in [6, 6.07) is 11.4. The molecule has 0 unspecified atom stereocenters. The summed E-state index contributed by atoms with van der Waals surface area (Å²) in [5.74, 6) is -0.0483. The molecule has 0 aliphatic carbocycles. The molecular formula is C19H14FN3O2S2. The van der Waals surface area contributed by atoms with Gasteiger partial charge in [0.25, 0.3) is 5.91 Å². The summed E-state index contributed by atoms with van der Waals surface area (Å²) in [5, 5.41) is 6.19. The van der Waals surface area contributed by atoms with Gasteiger partial charge in [-0.1, -0.05) is 0 Å². The molecular weight excluding hydrogens is 385 g/mol. The minimum Gasteiger partial charge on any atom is -0.486 e. The van der Waals surface area contributed by atoms with Gasteiger partial charge in [-0.15, -0.1) is 22.7 Å². The summed E-state index contributed by atoms with van der Waals surface area (Å²) in [6.45, 7) is 2.17. The molecule has 2 aromatic carbocycles. The second-order valence-corrected chi connectivity index (χ2v) is 7.92. The van der Waals surface area contributed by atoms with Gasteiger partial charge in [-0.2, -0.15) is 0 Å². The summed E-state index contributed by atoms with van der Waals surface area (Å²) in [5.41, 5.74) is 1.95. The van der Waals surface area contributed by atoms with Crippen molar-refractivity contribution in [2.45, 2.75) is 13.5 Å². The number of ether oxygens (including phenoxy) is 1. The van der Waals surface area contributed by atoms with Crippen LogP contribution in [0.15, 0.2) is 47.8 Å². The fourth-order valence-corrected chi connectivity index (χ4v) is 4.02. The maximum absolute atomic E-state index is 12.9. The fraction of sp³-hybridized carbons (Fsp3) is 0.105. The quantitative estimate of drug-likeness (QED) is 0.511. The van der Waals surface area contributed by atoms with Crippen LogP contribution in [0.25, 0.3) is 10.2 Å². The zero-order chi connectivity index (χ0) is 18.8. The Morgan fingerprint density at radius 1 is 1.19 bits per heavy atom. The van der Waals surface area contributed by atoms with Crippen LogP contribution in [0.1, 0.15) is 20.5 Å². The molecule has 5 nitrogen and oxygen atoms in total. The fourth-order valence-electron chi connectivity index (χ4n) is 2.47. The van der Waals surface area contributed by atoms with Gasteiger partial charge in [0.1, 0.15) is 28.9 Å². The minimum absolute atomic E-state index is 0.218. The normalized spacial score (nSPS) is 10.9. The number of nitrogens with one attached hydrogen (secondary N) is 1. The minimum atomic E-state index is -0.317. The van der Waals surface area contributed by atoms with Crippen molar-refractivity contribution < 1.29 is 13.9 Å². The zero-order valence-corrected chi connectivity index (χ0v) is 15.9. The summed E-state index contributed by atoms with van der Waals surface area (Å²) in [7, 11) is 0. The molecule has 4 aromatic rings. The van der Waals surface area contributed by atoms with Crippen LogP contribution in [0.3, 0.4) is 0 Å². The summed E-state index contributed by atoms with van der Waals surface area (Å²) < 4.78 is 19.5. The molecule has 4 rings (SSSR count). The van der Waals surface area contributed by atoms with Gasteiger partial charge in [0.05, 0.1) is 15.2 Å². The number of hydrogen-bond donors (Lipinski definition) is 1. The first kappa shape index (κ1) is 17.6. The molecule has 0 saturated carbocycles. The van der Waals surface area contributed by atoms with Crippen LogP contribution in [-0.2, 0) is 6.61 Å². The highest BCUT2D eigenvalue weighted by Crippen LogP contribution is 2.25. The lowest BCUT2D eigenvalue weighted by Gasteiger charge is -2.04. The van der Waals surface area contributed by atoms with E-state index in [0.29, 0.717) is 22.1 Å². The van der Waals surface area contributed by atoms with Gasteiger partial charge < -0.3 is 10.1 Å². The van der Waals surface area contributed by atoms with Crippen LogP contribution in [0, 0.1) is 12.7 Å². The molecule has 27 heavy (non-hydrogen) atoms.